The molecule has 0 saturated heterocycles. The number of nitrogens with two attached hydrogens (primary N) is 1. The summed E-state index contributed by atoms with van der Waals surface area (Å²) in [5, 5.41) is 4.01. The average Bonchev–Trinajstić information content (AvgIpc) is 2.56. The molecule has 1 heterocycles. The predicted octanol–water partition coefficient (Wildman–Crippen LogP) is 1.61. The van der Waals surface area contributed by atoms with Crippen LogP contribution in [0.2, 0.25) is 0 Å². The largest absolute Gasteiger partial charge is 0.386 e. The van der Waals surface area contributed by atoms with Crippen LogP contribution in [0.25, 0.3) is 10.9 Å². The summed E-state index contributed by atoms with van der Waals surface area (Å²) in [5.74, 6) is 0. The number of para-hydroxylation sites is 1. The zero-order valence-electron chi connectivity index (χ0n) is 7.82. The first-order valence-electron chi connectivity index (χ1n) is 4.31. The van der Waals surface area contributed by atoms with E-state index in [-0.39, 0.29) is 0 Å². The van der Waals surface area contributed by atoms with Crippen LogP contribution in [-0.4, -0.2) is 17.6 Å². The van der Waals surface area contributed by atoms with Gasteiger partial charge in [0.1, 0.15) is 0 Å². The molecule has 14 heavy (non-hydrogen) atoms. The van der Waals surface area contributed by atoms with E-state index in [0.717, 1.165) is 16.6 Å². The second-order valence-electron chi connectivity index (χ2n) is 3.02. The van der Waals surface area contributed by atoms with Gasteiger partial charge in [-0.25, -0.2) is 4.79 Å². The fraction of sp³-hybridized carbons (Fsp3) is 0.100. The van der Waals surface area contributed by atoms with Crippen LogP contribution in [0.1, 0.15) is 0 Å². The fourth-order valence-corrected chi connectivity index (χ4v) is 1.56. The number of nitrogens with zero attached hydrogens (tertiary/aromatic N) is 1. The number of amides is 1. The van der Waals surface area contributed by atoms with Crippen molar-refractivity contribution in [3.8, 4) is 0 Å². The van der Waals surface area contributed by atoms with Crippen LogP contribution < -0.4 is 11.1 Å². The summed E-state index contributed by atoms with van der Waals surface area (Å²) in [6.07, 6.45) is 1.70. The zero-order valence-corrected chi connectivity index (χ0v) is 7.82. The summed E-state index contributed by atoms with van der Waals surface area (Å²) >= 11 is 0. The monoisotopic (exact) mass is 189 g/mol. The smallest absolute Gasteiger partial charge is 0.323 e. The van der Waals surface area contributed by atoms with E-state index in [9.17, 15) is 4.79 Å². The quantitative estimate of drug-likeness (QED) is 0.716. The Morgan fingerprint density at radius 2 is 2.14 bits per heavy atom. The molecule has 0 radical (unpaired) electrons. The van der Waals surface area contributed by atoms with Crippen LogP contribution in [0.5, 0.6) is 0 Å². The van der Waals surface area contributed by atoms with E-state index >= 15 is 0 Å². The van der Waals surface area contributed by atoms with Crippen LogP contribution in [0.3, 0.4) is 0 Å². The summed E-state index contributed by atoms with van der Waals surface area (Å²) in [6.45, 7) is 0. The first-order valence-corrected chi connectivity index (χ1v) is 4.31. The molecule has 0 saturated carbocycles. The number of benzene rings is 1. The van der Waals surface area contributed by atoms with Gasteiger partial charge in [-0.2, -0.15) is 0 Å². The minimum absolute atomic E-state index is 0.470. The molecule has 0 aliphatic carbocycles. The normalized spacial score (nSPS) is 10.4. The lowest BCUT2D eigenvalue weighted by Gasteiger charge is -1.96. The highest BCUT2D eigenvalue weighted by atomic mass is 16.2. The molecule has 72 valence electrons. The van der Waals surface area contributed by atoms with Crippen molar-refractivity contribution in [1.29, 1.82) is 0 Å². The first-order chi connectivity index (χ1) is 6.74. The summed E-state index contributed by atoms with van der Waals surface area (Å²) < 4.78 is 1.43. The van der Waals surface area contributed by atoms with Gasteiger partial charge in [0, 0.05) is 18.6 Å². The van der Waals surface area contributed by atoms with Gasteiger partial charge < -0.3 is 11.1 Å². The summed E-state index contributed by atoms with van der Waals surface area (Å²) in [7, 11) is 1.81. The molecule has 4 heteroatoms. The number of carbonyl (C=O) groups excluding carboxylic acids is 1. The second kappa shape index (κ2) is 3.06. The molecule has 0 aliphatic rings. The molecule has 0 atom stereocenters. The highest BCUT2D eigenvalue weighted by Crippen LogP contribution is 2.24. The Bertz CT molecular complexity index is 487. The van der Waals surface area contributed by atoms with Gasteiger partial charge in [0.15, 0.2) is 0 Å². The molecule has 0 fully saturated rings. The number of aromatic nitrogens is 1. The van der Waals surface area contributed by atoms with Crippen LogP contribution in [0.4, 0.5) is 10.5 Å². The Labute approximate surface area is 81.3 Å². The zero-order chi connectivity index (χ0) is 10.1. The maximum atomic E-state index is 11.1. The van der Waals surface area contributed by atoms with E-state index in [1.165, 1.54) is 4.57 Å². The number of primary amides is 1. The average molecular weight is 189 g/mol. The molecule has 0 bridgehead atoms. The van der Waals surface area contributed by atoms with Crippen LogP contribution in [0.15, 0.2) is 30.5 Å². The van der Waals surface area contributed by atoms with Crippen LogP contribution >= 0.6 is 0 Å². The van der Waals surface area contributed by atoms with Crippen molar-refractivity contribution >= 4 is 22.6 Å². The van der Waals surface area contributed by atoms with Gasteiger partial charge in [-0.1, -0.05) is 18.2 Å². The molecule has 4 nitrogen and oxygen atoms in total. The molecule has 3 N–H and O–H groups in total. The lowest BCUT2D eigenvalue weighted by atomic mass is 10.2. The standard InChI is InChI=1S/C10H11N3O/c1-12-8-6-13(10(11)14)9-5-3-2-4-7(8)9/h2-6,12H,1H3,(H2,11,14). The van der Waals surface area contributed by atoms with Crippen molar-refractivity contribution < 1.29 is 4.79 Å². The highest BCUT2D eigenvalue weighted by molar-refractivity contribution is 5.99. The lowest BCUT2D eigenvalue weighted by molar-refractivity contribution is 0.251. The third-order valence-electron chi connectivity index (χ3n) is 2.22. The Balaban J connectivity index is 2.80. The molecule has 0 spiro atoms. The molecule has 2 rings (SSSR count). The highest BCUT2D eigenvalue weighted by Gasteiger charge is 2.08. The van der Waals surface area contributed by atoms with Gasteiger partial charge in [0.05, 0.1) is 11.2 Å². The molecule has 2 aromatic rings. The predicted molar refractivity (Wildman–Crippen MR) is 56.5 cm³/mol. The first kappa shape index (κ1) is 8.62. The lowest BCUT2D eigenvalue weighted by Crippen LogP contribution is -2.18. The number of hydrogen-bond acceptors (Lipinski definition) is 2. The van der Waals surface area contributed by atoms with E-state index in [1.54, 1.807) is 6.20 Å². The minimum Gasteiger partial charge on any atom is -0.386 e. The van der Waals surface area contributed by atoms with E-state index in [2.05, 4.69) is 5.32 Å². The van der Waals surface area contributed by atoms with E-state index < -0.39 is 6.03 Å². The molecule has 1 aromatic carbocycles. The molecular weight excluding hydrogens is 178 g/mol. The SMILES string of the molecule is CNc1cn(C(N)=O)c2ccccc12. The third-order valence-corrected chi connectivity index (χ3v) is 2.22. The fourth-order valence-electron chi connectivity index (χ4n) is 1.56. The van der Waals surface area contributed by atoms with E-state index in [1.807, 2.05) is 31.3 Å². The number of rotatable bonds is 1. The van der Waals surface area contributed by atoms with E-state index in [4.69, 9.17) is 5.73 Å². The van der Waals surface area contributed by atoms with Gasteiger partial charge in [-0.15, -0.1) is 0 Å². The second-order valence-corrected chi connectivity index (χ2v) is 3.02. The van der Waals surface area contributed by atoms with Crippen LogP contribution in [-0.2, 0) is 0 Å². The molecule has 0 aliphatic heterocycles. The van der Waals surface area contributed by atoms with Crippen molar-refractivity contribution in [2.24, 2.45) is 5.73 Å². The minimum atomic E-state index is -0.470. The molecule has 1 amide bonds. The number of carbonyl (C=O) groups is 1. The summed E-state index contributed by atoms with van der Waals surface area (Å²) in [5.41, 5.74) is 6.97. The van der Waals surface area contributed by atoms with Gasteiger partial charge in [-0.05, 0) is 6.07 Å². The van der Waals surface area contributed by atoms with Gasteiger partial charge in [-0.3, -0.25) is 4.57 Å². The Morgan fingerprint density at radius 1 is 1.43 bits per heavy atom. The van der Waals surface area contributed by atoms with Crippen molar-refractivity contribution in [1.82, 2.24) is 4.57 Å². The molecule has 1 aromatic heterocycles. The number of hydrogen-bond donors (Lipinski definition) is 2. The maximum Gasteiger partial charge on any atom is 0.323 e. The number of fused-ring (bicyclic) bond motifs is 1. The van der Waals surface area contributed by atoms with Gasteiger partial charge in [0.25, 0.3) is 0 Å². The number of anilines is 1. The third kappa shape index (κ3) is 1.12. The Kier molecular flexibility index (Phi) is 1.89. The number of nitrogens with one attached hydrogen (secondary N) is 1. The molecular formula is C10H11N3O. The Morgan fingerprint density at radius 3 is 2.79 bits per heavy atom. The Hall–Kier alpha value is -1.97. The maximum absolute atomic E-state index is 11.1. The van der Waals surface area contributed by atoms with Crippen molar-refractivity contribution in [3.63, 3.8) is 0 Å². The molecule has 0 unspecified atom stereocenters. The van der Waals surface area contributed by atoms with Crippen LogP contribution in [0, 0.1) is 0 Å². The topological polar surface area (TPSA) is 60.1 Å². The summed E-state index contributed by atoms with van der Waals surface area (Å²) in [4.78, 5) is 11.1. The van der Waals surface area contributed by atoms with Gasteiger partial charge in [0.2, 0.25) is 0 Å². The van der Waals surface area contributed by atoms with E-state index in [0.29, 0.717) is 0 Å². The summed E-state index contributed by atoms with van der Waals surface area (Å²) in [6, 6.07) is 7.14. The van der Waals surface area contributed by atoms with Crippen molar-refractivity contribution in [3.05, 3.63) is 30.5 Å². The van der Waals surface area contributed by atoms with Crippen molar-refractivity contribution in [2.75, 3.05) is 12.4 Å². The van der Waals surface area contributed by atoms with Gasteiger partial charge >= 0.3 is 6.03 Å². The van der Waals surface area contributed by atoms with Crippen molar-refractivity contribution in [2.45, 2.75) is 0 Å².